The van der Waals surface area contributed by atoms with Gasteiger partial charge in [0.05, 0.1) is 16.5 Å². The molecular formula is C24H18N2O5. The lowest BCUT2D eigenvalue weighted by Crippen LogP contribution is -2.29. The molecule has 1 aliphatic rings. The number of nitro groups is 1. The monoisotopic (exact) mass is 414 g/mol. The van der Waals surface area contributed by atoms with Crippen molar-refractivity contribution in [1.29, 1.82) is 0 Å². The highest BCUT2D eigenvalue weighted by Crippen LogP contribution is 2.40. The second-order valence-electron chi connectivity index (χ2n) is 7.13. The molecule has 3 aromatic rings. The Hall–Kier alpha value is -4.26. The Kier molecular flexibility index (Phi) is 5.32. The molecule has 1 unspecified atom stereocenters. The molecule has 1 saturated heterocycles. The Morgan fingerprint density at radius 1 is 0.903 bits per heavy atom. The molecule has 3 aromatic carbocycles. The van der Waals surface area contributed by atoms with Crippen molar-refractivity contribution in [2.75, 3.05) is 0 Å². The van der Waals surface area contributed by atoms with Crippen LogP contribution >= 0.6 is 0 Å². The van der Waals surface area contributed by atoms with Crippen LogP contribution in [0.5, 0.6) is 0 Å². The molecule has 31 heavy (non-hydrogen) atoms. The van der Waals surface area contributed by atoms with E-state index in [4.69, 9.17) is 0 Å². The number of rotatable bonds is 5. The molecule has 4 rings (SSSR count). The zero-order valence-corrected chi connectivity index (χ0v) is 16.3. The van der Waals surface area contributed by atoms with Gasteiger partial charge >= 0.3 is 0 Å². The van der Waals surface area contributed by atoms with E-state index in [9.17, 15) is 24.8 Å². The zero-order chi connectivity index (χ0) is 22.0. The summed E-state index contributed by atoms with van der Waals surface area (Å²) in [5.41, 5.74) is 1.58. The van der Waals surface area contributed by atoms with Crippen molar-refractivity contribution in [2.45, 2.75) is 12.6 Å². The van der Waals surface area contributed by atoms with Crippen LogP contribution in [-0.4, -0.2) is 26.6 Å². The lowest BCUT2D eigenvalue weighted by Gasteiger charge is -2.25. The van der Waals surface area contributed by atoms with Crippen molar-refractivity contribution in [2.24, 2.45) is 0 Å². The molecule has 0 saturated carbocycles. The average molecular weight is 414 g/mol. The van der Waals surface area contributed by atoms with Gasteiger partial charge in [-0.3, -0.25) is 19.7 Å². The van der Waals surface area contributed by atoms with E-state index in [-0.39, 0.29) is 23.6 Å². The van der Waals surface area contributed by atoms with Crippen molar-refractivity contribution in [3.63, 3.8) is 0 Å². The van der Waals surface area contributed by atoms with Crippen LogP contribution in [0.4, 0.5) is 5.69 Å². The summed E-state index contributed by atoms with van der Waals surface area (Å²) in [5.74, 6) is -1.80. The molecule has 0 spiro atoms. The Balaban J connectivity index is 1.85. The Morgan fingerprint density at radius 2 is 1.48 bits per heavy atom. The molecule has 1 amide bonds. The van der Waals surface area contributed by atoms with E-state index in [1.165, 1.54) is 29.2 Å². The quantitative estimate of drug-likeness (QED) is 0.222. The highest BCUT2D eigenvalue weighted by molar-refractivity contribution is 6.46. The second-order valence-corrected chi connectivity index (χ2v) is 7.13. The summed E-state index contributed by atoms with van der Waals surface area (Å²) in [7, 11) is 0. The smallest absolute Gasteiger partial charge is 0.295 e. The van der Waals surface area contributed by atoms with Crippen molar-refractivity contribution >= 4 is 23.1 Å². The third kappa shape index (κ3) is 3.81. The normalized spacial score (nSPS) is 17.7. The summed E-state index contributed by atoms with van der Waals surface area (Å²) < 4.78 is 0. The summed E-state index contributed by atoms with van der Waals surface area (Å²) >= 11 is 0. The molecule has 0 aliphatic carbocycles. The highest BCUT2D eigenvalue weighted by Gasteiger charge is 2.46. The van der Waals surface area contributed by atoms with Crippen molar-refractivity contribution in [3.8, 4) is 0 Å². The topological polar surface area (TPSA) is 101 Å². The van der Waals surface area contributed by atoms with Gasteiger partial charge in [0.1, 0.15) is 5.76 Å². The van der Waals surface area contributed by atoms with Gasteiger partial charge < -0.3 is 10.0 Å². The summed E-state index contributed by atoms with van der Waals surface area (Å²) in [6, 6.07) is 22.5. The number of hydrogen-bond donors (Lipinski definition) is 1. The first kappa shape index (κ1) is 20.0. The van der Waals surface area contributed by atoms with E-state index in [1.54, 1.807) is 30.3 Å². The number of aliphatic hydroxyl groups excluding tert-OH is 1. The number of benzene rings is 3. The maximum atomic E-state index is 13.0. The molecule has 1 heterocycles. The number of ketones is 1. The first-order chi connectivity index (χ1) is 15.0. The average Bonchev–Trinajstić information content (AvgIpc) is 3.05. The lowest BCUT2D eigenvalue weighted by molar-refractivity contribution is -0.384. The maximum Gasteiger partial charge on any atom is 0.295 e. The number of hydrogen-bond acceptors (Lipinski definition) is 5. The first-order valence-corrected chi connectivity index (χ1v) is 9.59. The van der Waals surface area contributed by atoms with E-state index in [1.807, 2.05) is 30.3 Å². The Bertz CT molecular complexity index is 1170. The third-order valence-electron chi connectivity index (χ3n) is 5.20. The molecule has 0 aromatic heterocycles. The third-order valence-corrected chi connectivity index (χ3v) is 5.20. The van der Waals surface area contributed by atoms with Crippen molar-refractivity contribution in [3.05, 3.63) is 117 Å². The largest absolute Gasteiger partial charge is 0.507 e. The summed E-state index contributed by atoms with van der Waals surface area (Å²) in [6.45, 7) is 0.151. The van der Waals surface area contributed by atoms with Crippen molar-refractivity contribution in [1.82, 2.24) is 4.90 Å². The summed E-state index contributed by atoms with van der Waals surface area (Å²) in [6.07, 6.45) is 0. The van der Waals surface area contributed by atoms with Gasteiger partial charge in [0.25, 0.3) is 17.4 Å². The van der Waals surface area contributed by atoms with E-state index >= 15 is 0 Å². The van der Waals surface area contributed by atoms with Gasteiger partial charge in [-0.05, 0) is 23.3 Å². The van der Waals surface area contributed by atoms with Crippen LogP contribution in [0, 0.1) is 10.1 Å². The van der Waals surface area contributed by atoms with Crippen LogP contribution in [0.15, 0.2) is 90.5 Å². The number of likely N-dealkylation sites (tertiary alicyclic amines) is 1. The van der Waals surface area contributed by atoms with Gasteiger partial charge in [0, 0.05) is 24.2 Å². The fourth-order valence-corrected chi connectivity index (χ4v) is 3.70. The van der Waals surface area contributed by atoms with Gasteiger partial charge in [-0.25, -0.2) is 0 Å². The van der Waals surface area contributed by atoms with E-state index in [0.29, 0.717) is 11.1 Å². The van der Waals surface area contributed by atoms with Crippen LogP contribution in [0.25, 0.3) is 5.76 Å². The van der Waals surface area contributed by atoms with Gasteiger partial charge in [-0.2, -0.15) is 0 Å². The fourth-order valence-electron chi connectivity index (χ4n) is 3.70. The number of carbonyl (C=O) groups excluding carboxylic acids is 2. The molecule has 1 atom stereocenters. The van der Waals surface area contributed by atoms with Crippen molar-refractivity contribution < 1.29 is 19.6 Å². The molecule has 7 heteroatoms. The summed E-state index contributed by atoms with van der Waals surface area (Å²) in [4.78, 5) is 37.8. The molecule has 0 radical (unpaired) electrons. The number of nitrogens with zero attached hydrogens (tertiary/aromatic N) is 2. The summed E-state index contributed by atoms with van der Waals surface area (Å²) in [5, 5.41) is 22.0. The number of nitro benzene ring substituents is 1. The highest BCUT2D eigenvalue weighted by atomic mass is 16.6. The minimum atomic E-state index is -0.874. The standard InChI is InChI=1S/C24H18N2O5/c27-22(18-9-5-2-6-10-18)20-21(17-11-13-19(14-12-17)26(30)31)25(24(29)23(20)28)15-16-7-3-1-4-8-16/h1-14,21,27H,15H2/b22-20-. The minimum absolute atomic E-state index is 0.0408. The second kappa shape index (κ2) is 8.23. The van der Waals surface area contributed by atoms with E-state index < -0.39 is 22.7 Å². The number of carbonyl (C=O) groups is 2. The maximum absolute atomic E-state index is 13.0. The molecular weight excluding hydrogens is 396 g/mol. The molecule has 1 aliphatic heterocycles. The SMILES string of the molecule is O=C1C(=O)N(Cc2ccccc2)C(c2ccc([N+](=O)[O-])cc2)/C1=C(/O)c1ccccc1. The number of aliphatic hydroxyl groups is 1. The van der Waals surface area contributed by atoms with Crippen LogP contribution in [0.1, 0.15) is 22.7 Å². The Labute approximate surface area is 178 Å². The molecule has 154 valence electrons. The number of Topliss-reactive ketones (excluding diaryl/α,β-unsaturated/α-hetero) is 1. The minimum Gasteiger partial charge on any atom is -0.507 e. The molecule has 1 fully saturated rings. The predicted molar refractivity (Wildman–Crippen MR) is 114 cm³/mol. The first-order valence-electron chi connectivity index (χ1n) is 9.59. The van der Waals surface area contributed by atoms with Crippen LogP contribution < -0.4 is 0 Å². The van der Waals surface area contributed by atoms with E-state index in [2.05, 4.69) is 0 Å². The van der Waals surface area contributed by atoms with E-state index in [0.717, 1.165) is 5.56 Å². The zero-order valence-electron chi connectivity index (χ0n) is 16.3. The van der Waals surface area contributed by atoms with Gasteiger partial charge in [-0.1, -0.05) is 60.7 Å². The van der Waals surface area contributed by atoms with Gasteiger partial charge in [0.2, 0.25) is 0 Å². The molecule has 1 N–H and O–H groups in total. The van der Waals surface area contributed by atoms with Crippen LogP contribution in [-0.2, 0) is 16.1 Å². The molecule has 0 bridgehead atoms. The van der Waals surface area contributed by atoms with Crippen LogP contribution in [0.2, 0.25) is 0 Å². The van der Waals surface area contributed by atoms with Gasteiger partial charge in [0.15, 0.2) is 0 Å². The fraction of sp³-hybridized carbons (Fsp3) is 0.0833. The lowest BCUT2D eigenvalue weighted by atomic mass is 9.95. The Morgan fingerprint density at radius 3 is 2.06 bits per heavy atom. The number of amides is 1. The molecule has 7 nitrogen and oxygen atoms in total. The van der Waals surface area contributed by atoms with Gasteiger partial charge in [-0.15, -0.1) is 0 Å². The predicted octanol–water partition coefficient (Wildman–Crippen LogP) is 4.22. The number of non-ortho nitro benzene ring substituents is 1. The van der Waals surface area contributed by atoms with Crippen LogP contribution in [0.3, 0.4) is 0 Å².